The number of carbonyl (C=O) groups excluding carboxylic acids is 1. The van der Waals surface area contributed by atoms with Gasteiger partial charge in [0.05, 0.1) is 18.0 Å². The summed E-state index contributed by atoms with van der Waals surface area (Å²) in [6, 6.07) is 9.36. The molecule has 1 aromatic heterocycles. The molecule has 0 aliphatic carbocycles. The molecule has 112 valence electrons. The van der Waals surface area contributed by atoms with Crippen LogP contribution in [0.4, 0.5) is 0 Å². The van der Waals surface area contributed by atoms with Gasteiger partial charge in [-0.25, -0.2) is 0 Å². The number of nitrogens with one attached hydrogen (secondary N) is 1. The van der Waals surface area contributed by atoms with Gasteiger partial charge < -0.3 is 10.4 Å². The van der Waals surface area contributed by atoms with E-state index in [0.29, 0.717) is 12.3 Å². The monoisotopic (exact) mass is 288 g/mol. The third-order valence-corrected chi connectivity index (χ3v) is 2.95. The van der Waals surface area contributed by atoms with Gasteiger partial charge >= 0.3 is 0 Å². The molecule has 21 heavy (non-hydrogen) atoms. The smallest absolute Gasteiger partial charge is 0.273 e. The summed E-state index contributed by atoms with van der Waals surface area (Å²) in [6.07, 6.45) is 1.52. The van der Waals surface area contributed by atoms with E-state index in [2.05, 4.69) is 15.5 Å². The zero-order chi connectivity index (χ0) is 15.2. The van der Waals surface area contributed by atoms with E-state index in [1.165, 1.54) is 11.0 Å². The second-order valence-corrected chi connectivity index (χ2v) is 5.35. The van der Waals surface area contributed by atoms with Crippen LogP contribution in [0, 0.1) is 5.92 Å². The van der Waals surface area contributed by atoms with Gasteiger partial charge in [-0.3, -0.25) is 4.79 Å². The first-order valence-corrected chi connectivity index (χ1v) is 7.00. The fourth-order valence-corrected chi connectivity index (χ4v) is 1.98. The topological polar surface area (TPSA) is 80.0 Å². The SMILES string of the molecule is CC(C)CC(O)CNC(=O)c1cnn(-c2ccccc2)n1. The number of nitrogens with zero attached hydrogens (tertiary/aromatic N) is 3. The summed E-state index contributed by atoms with van der Waals surface area (Å²) in [5, 5.41) is 20.6. The number of hydrogen-bond acceptors (Lipinski definition) is 4. The zero-order valence-electron chi connectivity index (χ0n) is 12.2. The average molecular weight is 288 g/mol. The van der Waals surface area contributed by atoms with Crippen molar-refractivity contribution in [3.05, 3.63) is 42.2 Å². The zero-order valence-corrected chi connectivity index (χ0v) is 12.2. The van der Waals surface area contributed by atoms with Gasteiger partial charge in [-0.05, 0) is 24.5 Å². The minimum Gasteiger partial charge on any atom is -0.391 e. The molecule has 1 heterocycles. The van der Waals surface area contributed by atoms with Crippen molar-refractivity contribution in [2.45, 2.75) is 26.4 Å². The summed E-state index contributed by atoms with van der Waals surface area (Å²) in [5.41, 5.74) is 1.02. The highest BCUT2D eigenvalue weighted by atomic mass is 16.3. The molecule has 6 heteroatoms. The number of rotatable bonds is 6. The maximum Gasteiger partial charge on any atom is 0.273 e. The second-order valence-electron chi connectivity index (χ2n) is 5.35. The molecule has 0 aliphatic heterocycles. The van der Waals surface area contributed by atoms with Gasteiger partial charge in [-0.15, -0.1) is 5.10 Å². The summed E-state index contributed by atoms with van der Waals surface area (Å²) >= 11 is 0. The van der Waals surface area contributed by atoms with Crippen LogP contribution in [0.3, 0.4) is 0 Å². The van der Waals surface area contributed by atoms with Crippen LogP contribution in [0.1, 0.15) is 30.8 Å². The third kappa shape index (κ3) is 4.39. The molecule has 0 aliphatic rings. The lowest BCUT2D eigenvalue weighted by molar-refractivity contribution is 0.0895. The lowest BCUT2D eigenvalue weighted by Crippen LogP contribution is -2.33. The van der Waals surface area contributed by atoms with E-state index in [9.17, 15) is 9.90 Å². The van der Waals surface area contributed by atoms with Crippen LogP contribution in [0.2, 0.25) is 0 Å². The van der Waals surface area contributed by atoms with E-state index in [1.54, 1.807) is 0 Å². The van der Waals surface area contributed by atoms with E-state index in [0.717, 1.165) is 5.69 Å². The molecule has 6 nitrogen and oxygen atoms in total. The predicted octanol–water partition coefficient (Wildman–Crippen LogP) is 1.40. The number of para-hydroxylation sites is 1. The minimum atomic E-state index is -0.543. The number of aliphatic hydroxyl groups excluding tert-OH is 1. The number of aromatic nitrogens is 3. The molecular formula is C15H20N4O2. The predicted molar refractivity (Wildman–Crippen MR) is 79.2 cm³/mol. The van der Waals surface area contributed by atoms with E-state index in [4.69, 9.17) is 0 Å². The molecule has 1 amide bonds. The Labute approximate surface area is 123 Å². The molecule has 0 spiro atoms. The molecule has 0 saturated carbocycles. The third-order valence-electron chi connectivity index (χ3n) is 2.95. The standard InChI is InChI=1S/C15H20N4O2/c1-11(2)8-13(20)9-16-15(21)14-10-17-19(18-14)12-6-4-3-5-7-12/h3-7,10-11,13,20H,8-9H2,1-2H3,(H,16,21). The number of aliphatic hydroxyl groups is 1. The van der Waals surface area contributed by atoms with Crippen LogP contribution in [-0.4, -0.2) is 38.7 Å². The Morgan fingerprint density at radius 1 is 1.33 bits per heavy atom. The van der Waals surface area contributed by atoms with Crippen molar-refractivity contribution in [1.29, 1.82) is 0 Å². The summed E-state index contributed by atoms with van der Waals surface area (Å²) in [5.74, 6) is 0.0517. The molecule has 0 radical (unpaired) electrons. The van der Waals surface area contributed by atoms with Crippen LogP contribution in [-0.2, 0) is 0 Å². The van der Waals surface area contributed by atoms with Crippen molar-refractivity contribution in [3.8, 4) is 5.69 Å². The molecule has 1 atom stereocenters. The van der Waals surface area contributed by atoms with Gasteiger partial charge in [0.2, 0.25) is 0 Å². The molecular weight excluding hydrogens is 268 g/mol. The van der Waals surface area contributed by atoms with Crippen molar-refractivity contribution < 1.29 is 9.90 Å². The lowest BCUT2D eigenvalue weighted by Gasteiger charge is -2.13. The van der Waals surface area contributed by atoms with Crippen LogP contribution in [0.15, 0.2) is 36.5 Å². The highest BCUT2D eigenvalue weighted by Gasteiger charge is 2.13. The molecule has 2 aromatic rings. The average Bonchev–Trinajstić information content (AvgIpc) is 2.95. The van der Waals surface area contributed by atoms with Crippen molar-refractivity contribution in [2.24, 2.45) is 5.92 Å². The highest BCUT2D eigenvalue weighted by Crippen LogP contribution is 2.05. The van der Waals surface area contributed by atoms with Gasteiger partial charge in [-0.2, -0.15) is 9.90 Å². The molecule has 1 unspecified atom stereocenters. The summed E-state index contributed by atoms with van der Waals surface area (Å²) < 4.78 is 0. The largest absolute Gasteiger partial charge is 0.391 e. The first-order chi connectivity index (χ1) is 10.1. The van der Waals surface area contributed by atoms with E-state index in [1.807, 2.05) is 44.2 Å². The Bertz CT molecular complexity index is 580. The van der Waals surface area contributed by atoms with E-state index in [-0.39, 0.29) is 18.1 Å². The Hall–Kier alpha value is -2.21. The molecule has 2 N–H and O–H groups in total. The second kappa shape index (κ2) is 6.99. The molecule has 0 saturated heterocycles. The normalized spacial score (nSPS) is 12.4. The molecule has 1 aromatic carbocycles. The van der Waals surface area contributed by atoms with Crippen LogP contribution in [0.5, 0.6) is 0 Å². The Kier molecular flexibility index (Phi) is 5.05. The summed E-state index contributed by atoms with van der Waals surface area (Å²) in [6.45, 7) is 4.27. The number of benzene rings is 1. The maximum atomic E-state index is 11.9. The lowest BCUT2D eigenvalue weighted by atomic mass is 10.1. The van der Waals surface area contributed by atoms with Crippen molar-refractivity contribution in [2.75, 3.05) is 6.54 Å². The van der Waals surface area contributed by atoms with Crippen molar-refractivity contribution in [3.63, 3.8) is 0 Å². The van der Waals surface area contributed by atoms with Crippen molar-refractivity contribution in [1.82, 2.24) is 20.3 Å². The molecule has 0 bridgehead atoms. The Morgan fingerprint density at radius 2 is 2.05 bits per heavy atom. The van der Waals surface area contributed by atoms with Crippen LogP contribution < -0.4 is 5.32 Å². The molecule has 0 fully saturated rings. The van der Waals surface area contributed by atoms with Crippen LogP contribution >= 0.6 is 0 Å². The van der Waals surface area contributed by atoms with E-state index >= 15 is 0 Å². The number of carbonyl (C=O) groups is 1. The van der Waals surface area contributed by atoms with Gasteiger partial charge in [0.15, 0.2) is 5.69 Å². The maximum absolute atomic E-state index is 11.9. The Balaban J connectivity index is 1.93. The van der Waals surface area contributed by atoms with Gasteiger partial charge in [-0.1, -0.05) is 32.0 Å². The first kappa shape index (κ1) is 15.2. The van der Waals surface area contributed by atoms with Crippen LogP contribution in [0.25, 0.3) is 5.69 Å². The minimum absolute atomic E-state index is 0.217. The summed E-state index contributed by atoms with van der Waals surface area (Å²) in [4.78, 5) is 13.3. The quantitative estimate of drug-likeness (QED) is 0.842. The van der Waals surface area contributed by atoms with Gasteiger partial charge in [0, 0.05) is 6.54 Å². The fourth-order valence-electron chi connectivity index (χ4n) is 1.98. The summed E-state index contributed by atoms with van der Waals surface area (Å²) in [7, 11) is 0. The first-order valence-electron chi connectivity index (χ1n) is 7.00. The van der Waals surface area contributed by atoms with E-state index < -0.39 is 6.10 Å². The van der Waals surface area contributed by atoms with Crippen molar-refractivity contribution >= 4 is 5.91 Å². The Morgan fingerprint density at radius 3 is 2.71 bits per heavy atom. The highest BCUT2D eigenvalue weighted by molar-refractivity contribution is 5.91. The number of amides is 1. The molecule has 2 rings (SSSR count). The van der Waals surface area contributed by atoms with Gasteiger partial charge in [0.1, 0.15) is 0 Å². The fraction of sp³-hybridized carbons (Fsp3) is 0.400. The van der Waals surface area contributed by atoms with Gasteiger partial charge in [0.25, 0.3) is 5.91 Å². The number of hydrogen-bond donors (Lipinski definition) is 2.